The standard InChI is InChI=1S/C13H17FN2O/c1-2-16(6-3-7-17)10-11-4-5-13(14)8-12(11)9-15/h4-5,8,17H,2-3,6-7,10H2,1H3. The molecule has 0 radical (unpaired) electrons. The van der Waals surface area contributed by atoms with Crippen molar-refractivity contribution in [1.29, 1.82) is 5.26 Å². The number of nitrogens with zero attached hydrogens (tertiary/aromatic N) is 2. The van der Waals surface area contributed by atoms with Gasteiger partial charge in [-0.05, 0) is 30.7 Å². The largest absolute Gasteiger partial charge is 0.396 e. The molecule has 0 amide bonds. The fourth-order valence-corrected chi connectivity index (χ4v) is 1.67. The molecule has 1 aromatic rings. The van der Waals surface area contributed by atoms with E-state index in [0.29, 0.717) is 18.5 Å². The average molecular weight is 236 g/mol. The van der Waals surface area contributed by atoms with Gasteiger partial charge in [0.25, 0.3) is 0 Å². The molecule has 0 saturated heterocycles. The van der Waals surface area contributed by atoms with Crippen LogP contribution in [0.15, 0.2) is 18.2 Å². The first-order valence-corrected chi connectivity index (χ1v) is 5.73. The van der Waals surface area contributed by atoms with Gasteiger partial charge in [0.2, 0.25) is 0 Å². The van der Waals surface area contributed by atoms with E-state index in [-0.39, 0.29) is 12.4 Å². The fraction of sp³-hybridized carbons (Fsp3) is 0.462. The predicted octanol–water partition coefficient (Wildman–Crippen LogP) is 1.90. The normalized spacial score (nSPS) is 10.5. The highest BCUT2D eigenvalue weighted by molar-refractivity contribution is 5.37. The second kappa shape index (κ2) is 7.00. The number of aliphatic hydroxyl groups is 1. The lowest BCUT2D eigenvalue weighted by molar-refractivity contribution is 0.225. The molecule has 0 aromatic heterocycles. The Morgan fingerprint density at radius 2 is 2.24 bits per heavy atom. The molecule has 0 atom stereocenters. The number of benzene rings is 1. The van der Waals surface area contributed by atoms with Crippen molar-refractivity contribution in [2.75, 3.05) is 19.7 Å². The van der Waals surface area contributed by atoms with Crippen molar-refractivity contribution < 1.29 is 9.50 Å². The molecule has 17 heavy (non-hydrogen) atoms. The van der Waals surface area contributed by atoms with Crippen molar-refractivity contribution in [1.82, 2.24) is 4.90 Å². The van der Waals surface area contributed by atoms with Crippen molar-refractivity contribution in [2.24, 2.45) is 0 Å². The number of hydrogen-bond donors (Lipinski definition) is 1. The second-order valence-electron chi connectivity index (χ2n) is 3.86. The van der Waals surface area contributed by atoms with Crippen LogP contribution in [0, 0.1) is 17.1 Å². The Balaban J connectivity index is 2.75. The maximum absolute atomic E-state index is 13.0. The quantitative estimate of drug-likeness (QED) is 0.820. The lowest BCUT2D eigenvalue weighted by atomic mass is 10.1. The summed E-state index contributed by atoms with van der Waals surface area (Å²) in [6.07, 6.45) is 0.705. The van der Waals surface area contributed by atoms with Crippen molar-refractivity contribution in [3.8, 4) is 6.07 Å². The van der Waals surface area contributed by atoms with Crippen LogP contribution in [0.1, 0.15) is 24.5 Å². The summed E-state index contributed by atoms with van der Waals surface area (Å²) in [7, 11) is 0. The van der Waals surface area contributed by atoms with Gasteiger partial charge in [0.05, 0.1) is 11.6 Å². The second-order valence-corrected chi connectivity index (χ2v) is 3.86. The Labute approximate surface area is 101 Å². The van der Waals surface area contributed by atoms with Gasteiger partial charge in [0.15, 0.2) is 0 Å². The maximum Gasteiger partial charge on any atom is 0.124 e. The van der Waals surface area contributed by atoms with E-state index in [4.69, 9.17) is 10.4 Å². The Kier molecular flexibility index (Phi) is 5.61. The minimum absolute atomic E-state index is 0.158. The third-order valence-electron chi connectivity index (χ3n) is 2.67. The molecular formula is C13H17FN2O. The topological polar surface area (TPSA) is 47.3 Å². The van der Waals surface area contributed by atoms with Crippen LogP contribution < -0.4 is 0 Å². The molecule has 1 N–H and O–H groups in total. The molecule has 1 rings (SSSR count). The van der Waals surface area contributed by atoms with Crippen LogP contribution in [0.4, 0.5) is 4.39 Å². The molecular weight excluding hydrogens is 219 g/mol. The van der Waals surface area contributed by atoms with Gasteiger partial charge in [-0.25, -0.2) is 4.39 Å². The number of nitriles is 1. The molecule has 0 unspecified atom stereocenters. The van der Waals surface area contributed by atoms with Gasteiger partial charge in [-0.15, -0.1) is 0 Å². The summed E-state index contributed by atoms with van der Waals surface area (Å²) in [4.78, 5) is 2.12. The van der Waals surface area contributed by atoms with E-state index in [2.05, 4.69) is 4.90 Å². The minimum Gasteiger partial charge on any atom is -0.396 e. The van der Waals surface area contributed by atoms with Gasteiger partial charge >= 0.3 is 0 Å². The summed E-state index contributed by atoms with van der Waals surface area (Å²) in [6.45, 7) is 4.40. The van der Waals surface area contributed by atoms with Crippen LogP contribution in [-0.4, -0.2) is 29.7 Å². The van der Waals surface area contributed by atoms with Gasteiger partial charge in [-0.1, -0.05) is 13.0 Å². The summed E-state index contributed by atoms with van der Waals surface area (Å²) in [5.74, 6) is -0.385. The van der Waals surface area contributed by atoms with Crippen molar-refractivity contribution in [2.45, 2.75) is 19.9 Å². The van der Waals surface area contributed by atoms with Crippen molar-refractivity contribution >= 4 is 0 Å². The Morgan fingerprint density at radius 1 is 1.47 bits per heavy atom. The Bertz CT molecular complexity index is 401. The summed E-state index contributed by atoms with van der Waals surface area (Å²) in [6, 6.07) is 6.28. The molecule has 92 valence electrons. The maximum atomic E-state index is 13.0. The lowest BCUT2D eigenvalue weighted by Gasteiger charge is -2.20. The number of halogens is 1. The number of rotatable bonds is 6. The zero-order valence-electron chi connectivity index (χ0n) is 9.99. The molecule has 0 aliphatic heterocycles. The molecule has 3 nitrogen and oxygen atoms in total. The Morgan fingerprint density at radius 3 is 2.82 bits per heavy atom. The minimum atomic E-state index is -0.385. The summed E-state index contributed by atoms with van der Waals surface area (Å²) < 4.78 is 13.0. The SMILES string of the molecule is CCN(CCCO)Cc1ccc(F)cc1C#N. The van der Waals surface area contributed by atoms with Crippen LogP contribution >= 0.6 is 0 Å². The van der Waals surface area contributed by atoms with Crippen LogP contribution in [0.3, 0.4) is 0 Å². The smallest absolute Gasteiger partial charge is 0.124 e. The van der Waals surface area contributed by atoms with Crippen molar-refractivity contribution in [3.05, 3.63) is 35.1 Å². The molecule has 4 heteroatoms. The molecule has 0 spiro atoms. The van der Waals surface area contributed by atoms with Gasteiger partial charge in [-0.2, -0.15) is 5.26 Å². The third kappa shape index (κ3) is 4.14. The average Bonchev–Trinajstić information content (AvgIpc) is 2.35. The highest BCUT2D eigenvalue weighted by atomic mass is 19.1. The molecule has 0 fully saturated rings. The number of aliphatic hydroxyl groups excluding tert-OH is 1. The van der Waals surface area contributed by atoms with Gasteiger partial charge < -0.3 is 5.11 Å². The van der Waals surface area contributed by atoms with Crippen LogP contribution in [-0.2, 0) is 6.54 Å². The molecule has 0 aliphatic carbocycles. The summed E-state index contributed by atoms with van der Waals surface area (Å²) >= 11 is 0. The van der Waals surface area contributed by atoms with Gasteiger partial charge in [0.1, 0.15) is 5.82 Å². The van der Waals surface area contributed by atoms with E-state index in [1.54, 1.807) is 6.07 Å². The predicted molar refractivity (Wildman–Crippen MR) is 63.8 cm³/mol. The Hall–Kier alpha value is -1.44. The lowest BCUT2D eigenvalue weighted by Crippen LogP contribution is -2.25. The molecule has 1 aromatic carbocycles. The van der Waals surface area contributed by atoms with Crippen LogP contribution in [0.5, 0.6) is 0 Å². The van der Waals surface area contributed by atoms with E-state index in [9.17, 15) is 4.39 Å². The number of hydrogen-bond acceptors (Lipinski definition) is 3. The summed E-state index contributed by atoms with van der Waals surface area (Å²) in [5, 5.41) is 17.7. The molecule has 0 bridgehead atoms. The first-order chi connectivity index (χ1) is 8.21. The van der Waals surface area contributed by atoms with E-state index >= 15 is 0 Å². The zero-order chi connectivity index (χ0) is 12.7. The van der Waals surface area contributed by atoms with E-state index in [1.807, 2.05) is 13.0 Å². The highest BCUT2D eigenvalue weighted by Gasteiger charge is 2.08. The fourth-order valence-electron chi connectivity index (χ4n) is 1.67. The first kappa shape index (κ1) is 13.6. The van der Waals surface area contributed by atoms with Gasteiger partial charge in [0, 0.05) is 19.7 Å². The van der Waals surface area contributed by atoms with Crippen LogP contribution in [0.25, 0.3) is 0 Å². The van der Waals surface area contributed by atoms with E-state index in [0.717, 1.165) is 18.7 Å². The van der Waals surface area contributed by atoms with Crippen molar-refractivity contribution in [3.63, 3.8) is 0 Å². The zero-order valence-corrected chi connectivity index (χ0v) is 9.99. The monoisotopic (exact) mass is 236 g/mol. The van der Waals surface area contributed by atoms with Gasteiger partial charge in [-0.3, -0.25) is 4.90 Å². The highest BCUT2D eigenvalue weighted by Crippen LogP contribution is 2.13. The first-order valence-electron chi connectivity index (χ1n) is 5.73. The van der Waals surface area contributed by atoms with E-state index in [1.165, 1.54) is 12.1 Å². The molecule has 0 heterocycles. The van der Waals surface area contributed by atoms with Crippen LogP contribution in [0.2, 0.25) is 0 Å². The molecule has 0 saturated carbocycles. The molecule has 0 aliphatic rings. The van der Waals surface area contributed by atoms with E-state index < -0.39 is 0 Å². The summed E-state index contributed by atoms with van der Waals surface area (Å²) in [5.41, 5.74) is 1.21. The third-order valence-corrected chi connectivity index (χ3v) is 2.67.